The predicted octanol–water partition coefficient (Wildman–Crippen LogP) is 3.90. The molecule has 0 N–H and O–H groups in total. The number of carbonyl (C=O) groups excluding carboxylic acids is 1. The Balaban J connectivity index is 1.98. The van der Waals surface area contributed by atoms with Crippen LogP contribution in [0.5, 0.6) is 0 Å². The molecule has 0 saturated carbocycles. The normalized spacial score (nSPS) is 10.5. The van der Waals surface area contributed by atoms with Gasteiger partial charge in [0, 0.05) is 23.8 Å². The molecule has 3 heteroatoms. The molecule has 104 valence electrons. The number of carbonyl (C=O) groups is 1. The van der Waals surface area contributed by atoms with Crippen LogP contribution in [0.1, 0.15) is 17.4 Å². The van der Waals surface area contributed by atoms with Crippen LogP contribution in [-0.4, -0.2) is 17.4 Å². The molecule has 3 aromatic rings. The second kappa shape index (κ2) is 5.75. The van der Waals surface area contributed by atoms with Crippen molar-refractivity contribution in [3.05, 3.63) is 72.6 Å². The van der Waals surface area contributed by atoms with Crippen molar-refractivity contribution in [3.63, 3.8) is 0 Å². The van der Waals surface area contributed by atoms with Crippen LogP contribution in [0.3, 0.4) is 0 Å². The average molecular weight is 276 g/mol. The Labute approximate surface area is 123 Å². The van der Waals surface area contributed by atoms with Gasteiger partial charge in [-0.2, -0.15) is 0 Å². The summed E-state index contributed by atoms with van der Waals surface area (Å²) in [7, 11) is 0. The van der Waals surface area contributed by atoms with Crippen molar-refractivity contribution in [2.75, 3.05) is 11.4 Å². The predicted molar refractivity (Wildman–Crippen MR) is 85.5 cm³/mol. The average Bonchev–Trinajstić information content (AvgIpc) is 2.56. The zero-order valence-electron chi connectivity index (χ0n) is 11.9. The van der Waals surface area contributed by atoms with Gasteiger partial charge >= 0.3 is 0 Å². The molecule has 0 fully saturated rings. The minimum absolute atomic E-state index is 0.0746. The molecule has 0 radical (unpaired) electrons. The fourth-order valence-electron chi connectivity index (χ4n) is 2.39. The van der Waals surface area contributed by atoms with Gasteiger partial charge in [-0.15, -0.1) is 0 Å². The summed E-state index contributed by atoms with van der Waals surface area (Å²) >= 11 is 0. The van der Waals surface area contributed by atoms with Crippen LogP contribution in [0.4, 0.5) is 5.69 Å². The molecular formula is C18H16N2O. The highest BCUT2D eigenvalue weighted by atomic mass is 16.2. The quantitative estimate of drug-likeness (QED) is 0.727. The van der Waals surface area contributed by atoms with Gasteiger partial charge in [-0.25, -0.2) is 0 Å². The van der Waals surface area contributed by atoms with Crippen LogP contribution < -0.4 is 4.90 Å². The molecule has 0 aliphatic heterocycles. The summed E-state index contributed by atoms with van der Waals surface area (Å²) in [5.74, 6) is -0.0746. The van der Waals surface area contributed by atoms with E-state index >= 15 is 0 Å². The van der Waals surface area contributed by atoms with E-state index in [2.05, 4.69) is 4.98 Å². The van der Waals surface area contributed by atoms with E-state index in [9.17, 15) is 4.79 Å². The fraction of sp³-hybridized carbons (Fsp3) is 0.111. The molecule has 3 nitrogen and oxygen atoms in total. The fourth-order valence-corrected chi connectivity index (χ4v) is 2.39. The third-order valence-electron chi connectivity index (χ3n) is 3.48. The van der Waals surface area contributed by atoms with Gasteiger partial charge in [0.25, 0.3) is 5.91 Å². The first-order valence-electron chi connectivity index (χ1n) is 7.01. The zero-order chi connectivity index (χ0) is 14.7. The van der Waals surface area contributed by atoms with Crippen LogP contribution in [-0.2, 0) is 0 Å². The first kappa shape index (κ1) is 13.3. The van der Waals surface area contributed by atoms with Crippen molar-refractivity contribution in [2.45, 2.75) is 6.92 Å². The van der Waals surface area contributed by atoms with Crippen LogP contribution in [0.25, 0.3) is 10.8 Å². The first-order valence-corrected chi connectivity index (χ1v) is 7.01. The summed E-state index contributed by atoms with van der Waals surface area (Å²) < 4.78 is 0. The van der Waals surface area contributed by atoms with E-state index in [1.807, 2.05) is 67.6 Å². The maximum absolute atomic E-state index is 12.7. The molecule has 0 aliphatic rings. The topological polar surface area (TPSA) is 33.2 Å². The molecule has 3 rings (SSSR count). The van der Waals surface area contributed by atoms with E-state index in [-0.39, 0.29) is 5.91 Å². The van der Waals surface area contributed by atoms with Crippen molar-refractivity contribution < 1.29 is 4.79 Å². The van der Waals surface area contributed by atoms with E-state index in [0.717, 1.165) is 16.5 Å². The van der Waals surface area contributed by atoms with Crippen molar-refractivity contribution in [1.82, 2.24) is 4.98 Å². The van der Waals surface area contributed by atoms with E-state index in [0.29, 0.717) is 12.2 Å². The second-order valence-electron chi connectivity index (χ2n) is 4.80. The number of fused-ring (bicyclic) bond motifs is 1. The van der Waals surface area contributed by atoms with Gasteiger partial charge < -0.3 is 4.90 Å². The number of benzene rings is 2. The van der Waals surface area contributed by atoms with Crippen LogP contribution in [0.2, 0.25) is 0 Å². The molecular weight excluding hydrogens is 260 g/mol. The molecule has 0 unspecified atom stereocenters. The van der Waals surface area contributed by atoms with Gasteiger partial charge in [0.2, 0.25) is 0 Å². The number of hydrogen-bond donors (Lipinski definition) is 0. The highest BCUT2D eigenvalue weighted by Crippen LogP contribution is 2.18. The number of anilines is 1. The molecule has 2 aromatic carbocycles. The maximum atomic E-state index is 12.7. The molecule has 0 bridgehead atoms. The number of hydrogen-bond acceptors (Lipinski definition) is 2. The van der Waals surface area contributed by atoms with Crippen molar-refractivity contribution in [2.24, 2.45) is 0 Å². The number of pyridine rings is 1. The number of amides is 1. The zero-order valence-corrected chi connectivity index (χ0v) is 11.9. The SMILES string of the molecule is CCN(C(=O)c1cc2ccccc2cn1)c1ccccc1. The Bertz CT molecular complexity index is 768. The lowest BCUT2D eigenvalue weighted by molar-refractivity contribution is 0.0984. The maximum Gasteiger partial charge on any atom is 0.276 e. The van der Waals surface area contributed by atoms with E-state index in [1.54, 1.807) is 11.1 Å². The lowest BCUT2D eigenvalue weighted by Gasteiger charge is -2.20. The molecule has 21 heavy (non-hydrogen) atoms. The van der Waals surface area contributed by atoms with E-state index in [4.69, 9.17) is 0 Å². The smallest absolute Gasteiger partial charge is 0.276 e. The van der Waals surface area contributed by atoms with Crippen LogP contribution >= 0.6 is 0 Å². The van der Waals surface area contributed by atoms with Gasteiger partial charge in [0.1, 0.15) is 5.69 Å². The Kier molecular flexibility index (Phi) is 3.65. The van der Waals surface area contributed by atoms with E-state index < -0.39 is 0 Å². The second-order valence-corrected chi connectivity index (χ2v) is 4.80. The first-order chi connectivity index (χ1) is 10.3. The molecule has 0 atom stereocenters. The van der Waals surface area contributed by atoms with Crippen LogP contribution in [0, 0.1) is 0 Å². The molecule has 1 aromatic heterocycles. The number of aromatic nitrogens is 1. The number of rotatable bonds is 3. The van der Waals surface area contributed by atoms with Gasteiger partial charge in [-0.3, -0.25) is 9.78 Å². The van der Waals surface area contributed by atoms with Crippen molar-refractivity contribution in [1.29, 1.82) is 0 Å². The molecule has 1 amide bonds. The lowest BCUT2D eigenvalue weighted by Crippen LogP contribution is -2.31. The standard InChI is InChI=1S/C18H16N2O/c1-2-20(16-10-4-3-5-11-16)18(21)17-12-14-8-6-7-9-15(14)13-19-17/h3-13H,2H2,1H3. The highest BCUT2D eigenvalue weighted by molar-refractivity contribution is 6.06. The van der Waals surface area contributed by atoms with Crippen molar-refractivity contribution >= 4 is 22.4 Å². The van der Waals surface area contributed by atoms with Gasteiger partial charge in [-0.05, 0) is 30.5 Å². The van der Waals surface area contributed by atoms with Crippen molar-refractivity contribution in [3.8, 4) is 0 Å². The summed E-state index contributed by atoms with van der Waals surface area (Å²) in [6, 6.07) is 19.4. The lowest BCUT2D eigenvalue weighted by atomic mass is 10.1. The molecule has 0 spiro atoms. The van der Waals surface area contributed by atoms with Gasteiger partial charge in [0.15, 0.2) is 0 Å². The largest absolute Gasteiger partial charge is 0.307 e. The monoisotopic (exact) mass is 276 g/mol. The Hall–Kier alpha value is -2.68. The summed E-state index contributed by atoms with van der Waals surface area (Å²) in [6.45, 7) is 2.57. The summed E-state index contributed by atoms with van der Waals surface area (Å²) in [5.41, 5.74) is 1.36. The summed E-state index contributed by atoms with van der Waals surface area (Å²) in [6.07, 6.45) is 1.75. The number of nitrogens with zero attached hydrogens (tertiary/aromatic N) is 2. The third-order valence-corrected chi connectivity index (χ3v) is 3.48. The Morgan fingerprint density at radius 2 is 1.67 bits per heavy atom. The Morgan fingerprint density at radius 1 is 1.00 bits per heavy atom. The third kappa shape index (κ3) is 2.63. The summed E-state index contributed by atoms with van der Waals surface area (Å²) in [5, 5.41) is 2.07. The molecule has 1 heterocycles. The number of para-hydroxylation sites is 1. The molecule has 0 saturated heterocycles. The van der Waals surface area contributed by atoms with Crippen LogP contribution in [0.15, 0.2) is 66.9 Å². The minimum atomic E-state index is -0.0746. The Morgan fingerprint density at radius 3 is 2.38 bits per heavy atom. The van der Waals surface area contributed by atoms with E-state index in [1.165, 1.54) is 0 Å². The molecule has 0 aliphatic carbocycles. The highest BCUT2D eigenvalue weighted by Gasteiger charge is 2.17. The van der Waals surface area contributed by atoms with Gasteiger partial charge in [0.05, 0.1) is 0 Å². The summed E-state index contributed by atoms with van der Waals surface area (Å²) in [4.78, 5) is 18.7. The van der Waals surface area contributed by atoms with Gasteiger partial charge in [-0.1, -0.05) is 42.5 Å². The minimum Gasteiger partial charge on any atom is -0.307 e.